The number of carbonyl (C=O) groups excluding carboxylic acids is 1. The van der Waals surface area contributed by atoms with Crippen LogP contribution in [0, 0.1) is 0 Å². The van der Waals surface area contributed by atoms with E-state index >= 15 is 0 Å². The first-order chi connectivity index (χ1) is 16.0. The summed E-state index contributed by atoms with van der Waals surface area (Å²) in [6.45, 7) is 2.58. The Kier molecular flexibility index (Phi) is 5.77. The number of nitrogens with zero attached hydrogens (tertiary/aromatic N) is 3. The number of amides is 1. The predicted octanol–water partition coefficient (Wildman–Crippen LogP) is 3.61. The summed E-state index contributed by atoms with van der Waals surface area (Å²) in [5.41, 5.74) is 1.62. The normalized spacial score (nSPS) is 17.9. The molecule has 5 rings (SSSR count). The van der Waals surface area contributed by atoms with Crippen LogP contribution in [0.15, 0.2) is 47.4 Å². The molecule has 11 heteroatoms. The Bertz CT molecular complexity index is 1290. The van der Waals surface area contributed by atoms with Crippen LogP contribution in [0.4, 0.5) is 5.69 Å². The van der Waals surface area contributed by atoms with Crippen molar-refractivity contribution in [2.24, 2.45) is 0 Å². The standard InChI is InChI=1S/C22H22N4O5S2/c1-2-14-5-8-16(9-6-14)33(28,29)26-11-3-4-17(26)21-24-25-22(32-21)20(27)23-15-7-10-18-19(12-15)31-13-30-18/h5-10,12,17H,2-4,11,13H2,1H3,(H,23,27). The Hall–Kier alpha value is -3.02. The molecule has 0 saturated carbocycles. The Labute approximate surface area is 195 Å². The third kappa shape index (κ3) is 4.19. The number of fused-ring (bicyclic) bond motifs is 1. The molecule has 1 fully saturated rings. The number of nitrogens with one attached hydrogen (secondary N) is 1. The molecule has 172 valence electrons. The van der Waals surface area contributed by atoms with Crippen molar-refractivity contribution in [1.82, 2.24) is 14.5 Å². The lowest BCUT2D eigenvalue weighted by atomic mass is 10.2. The summed E-state index contributed by atoms with van der Waals surface area (Å²) in [7, 11) is -3.68. The Morgan fingerprint density at radius 2 is 1.94 bits per heavy atom. The first-order valence-electron chi connectivity index (χ1n) is 10.6. The van der Waals surface area contributed by atoms with Gasteiger partial charge in [-0.15, -0.1) is 10.2 Å². The van der Waals surface area contributed by atoms with Crippen molar-refractivity contribution in [3.05, 3.63) is 58.0 Å². The summed E-state index contributed by atoms with van der Waals surface area (Å²) >= 11 is 1.11. The molecule has 1 aromatic heterocycles. The minimum atomic E-state index is -3.68. The van der Waals surface area contributed by atoms with E-state index in [-0.39, 0.29) is 16.7 Å². The van der Waals surface area contributed by atoms with E-state index in [2.05, 4.69) is 15.5 Å². The molecule has 1 atom stereocenters. The summed E-state index contributed by atoms with van der Waals surface area (Å²) in [5.74, 6) is 0.766. The second-order valence-electron chi connectivity index (χ2n) is 7.74. The quantitative estimate of drug-likeness (QED) is 0.567. The molecule has 2 aromatic carbocycles. The summed E-state index contributed by atoms with van der Waals surface area (Å²) in [6, 6.07) is 11.6. The number of hydrogen-bond acceptors (Lipinski definition) is 8. The highest BCUT2D eigenvalue weighted by molar-refractivity contribution is 7.89. The van der Waals surface area contributed by atoms with Gasteiger partial charge in [0.25, 0.3) is 5.91 Å². The Morgan fingerprint density at radius 3 is 2.73 bits per heavy atom. The highest BCUT2D eigenvalue weighted by Gasteiger charge is 2.38. The summed E-state index contributed by atoms with van der Waals surface area (Å²) in [5, 5.41) is 11.6. The minimum absolute atomic E-state index is 0.149. The van der Waals surface area contributed by atoms with Gasteiger partial charge < -0.3 is 14.8 Å². The lowest BCUT2D eigenvalue weighted by molar-refractivity contribution is 0.102. The molecule has 0 spiro atoms. The average molecular weight is 487 g/mol. The van der Waals surface area contributed by atoms with Gasteiger partial charge >= 0.3 is 0 Å². The predicted molar refractivity (Wildman–Crippen MR) is 122 cm³/mol. The van der Waals surface area contributed by atoms with Crippen molar-refractivity contribution in [2.75, 3.05) is 18.7 Å². The zero-order valence-corrected chi connectivity index (χ0v) is 19.5. The van der Waals surface area contributed by atoms with Crippen molar-refractivity contribution >= 4 is 33.0 Å². The van der Waals surface area contributed by atoms with Crippen molar-refractivity contribution in [3.8, 4) is 11.5 Å². The Morgan fingerprint density at radius 1 is 1.15 bits per heavy atom. The van der Waals surface area contributed by atoms with Crippen molar-refractivity contribution in [2.45, 2.75) is 37.1 Å². The summed E-state index contributed by atoms with van der Waals surface area (Å²) in [4.78, 5) is 13.0. The lowest BCUT2D eigenvalue weighted by Gasteiger charge is -2.22. The fourth-order valence-corrected chi connectivity index (χ4v) is 6.54. The van der Waals surface area contributed by atoms with Gasteiger partial charge in [0, 0.05) is 18.3 Å². The van der Waals surface area contributed by atoms with E-state index in [1.807, 2.05) is 19.1 Å². The summed E-state index contributed by atoms with van der Waals surface area (Å²) in [6.07, 6.45) is 2.19. The molecule has 33 heavy (non-hydrogen) atoms. The molecule has 9 nitrogen and oxygen atoms in total. The van der Waals surface area contributed by atoms with Crippen molar-refractivity contribution in [1.29, 1.82) is 0 Å². The molecule has 3 heterocycles. The number of sulfonamides is 1. The zero-order valence-electron chi connectivity index (χ0n) is 17.9. The molecule has 3 aromatic rings. The fourth-order valence-electron chi connectivity index (χ4n) is 3.93. The molecular formula is C22H22N4O5S2. The number of ether oxygens (including phenoxy) is 2. The topological polar surface area (TPSA) is 111 Å². The van der Waals surface area contributed by atoms with E-state index in [0.717, 1.165) is 29.7 Å². The van der Waals surface area contributed by atoms with Crippen LogP contribution < -0.4 is 14.8 Å². The van der Waals surface area contributed by atoms with E-state index in [9.17, 15) is 13.2 Å². The van der Waals surface area contributed by atoms with Gasteiger partial charge in [0.05, 0.1) is 10.9 Å². The van der Waals surface area contributed by atoms with Gasteiger partial charge in [0.1, 0.15) is 5.01 Å². The van der Waals surface area contributed by atoms with E-state index in [4.69, 9.17) is 9.47 Å². The smallest absolute Gasteiger partial charge is 0.286 e. The van der Waals surface area contributed by atoms with Crippen molar-refractivity contribution < 1.29 is 22.7 Å². The molecule has 2 aliphatic heterocycles. The maximum absolute atomic E-state index is 13.3. The fraction of sp³-hybridized carbons (Fsp3) is 0.318. The number of hydrogen-bond donors (Lipinski definition) is 1. The first kappa shape index (κ1) is 21.8. The number of aromatic nitrogens is 2. The third-order valence-corrected chi connectivity index (χ3v) is 8.64. The number of aryl methyl sites for hydroxylation is 1. The molecule has 1 amide bonds. The molecule has 1 unspecified atom stereocenters. The number of rotatable bonds is 6. The van der Waals surface area contributed by atoms with E-state index in [1.54, 1.807) is 30.3 Å². The van der Waals surface area contributed by atoms with Gasteiger partial charge in [-0.05, 0) is 49.1 Å². The van der Waals surface area contributed by atoms with Crippen LogP contribution in [-0.4, -0.2) is 42.2 Å². The average Bonchev–Trinajstić information content (AvgIpc) is 3.58. The molecule has 0 aliphatic carbocycles. The maximum atomic E-state index is 13.3. The van der Waals surface area contributed by atoms with Crippen LogP contribution in [-0.2, 0) is 16.4 Å². The minimum Gasteiger partial charge on any atom is -0.454 e. The van der Waals surface area contributed by atoms with Gasteiger partial charge in [-0.2, -0.15) is 4.31 Å². The van der Waals surface area contributed by atoms with Gasteiger partial charge in [0.15, 0.2) is 11.5 Å². The van der Waals surface area contributed by atoms with Crippen LogP contribution in [0.2, 0.25) is 0 Å². The van der Waals surface area contributed by atoms with Gasteiger partial charge in [-0.25, -0.2) is 8.42 Å². The van der Waals surface area contributed by atoms with Crippen LogP contribution in [0.5, 0.6) is 11.5 Å². The second kappa shape index (κ2) is 8.73. The maximum Gasteiger partial charge on any atom is 0.286 e. The monoisotopic (exact) mass is 486 g/mol. The molecule has 0 radical (unpaired) electrons. The molecule has 2 aliphatic rings. The second-order valence-corrected chi connectivity index (χ2v) is 10.6. The first-order valence-corrected chi connectivity index (χ1v) is 12.9. The lowest BCUT2D eigenvalue weighted by Crippen LogP contribution is -2.30. The summed E-state index contributed by atoms with van der Waals surface area (Å²) < 4.78 is 38.6. The van der Waals surface area contributed by atoms with Crippen molar-refractivity contribution in [3.63, 3.8) is 0 Å². The van der Waals surface area contributed by atoms with Crippen LogP contribution in [0.1, 0.15) is 46.2 Å². The SMILES string of the molecule is CCc1ccc(S(=O)(=O)N2CCCC2c2nnc(C(=O)Nc3ccc4c(c3)OCO4)s2)cc1. The molecule has 1 N–H and O–H groups in total. The zero-order chi connectivity index (χ0) is 23.0. The van der Waals surface area contributed by atoms with Crippen LogP contribution in [0.3, 0.4) is 0 Å². The largest absolute Gasteiger partial charge is 0.454 e. The molecule has 0 bridgehead atoms. The number of anilines is 1. The number of carbonyl (C=O) groups is 1. The third-order valence-electron chi connectivity index (χ3n) is 5.69. The Balaban J connectivity index is 1.33. The molecular weight excluding hydrogens is 464 g/mol. The van der Waals surface area contributed by atoms with E-state index in [1.165, 1.54) is 4.31 Å². The van der Waals surface area contributed by atoms with Gasteiger partial charge in [0.2, 0.25) is 21.8 Å². The van der Waals surface area contributed by atoms with Gasteiger partial charge in [-0.1, -0.05) is 30.4 Å². The van der Waals surface area contributed by atoms with Crippen LogP contribution in [0.25, 0.3) is 0 Å². The van der Waals surface area contributed by atoms with Gasteiger partial charge in [-0.3, -0.25) is 4.79 Å². The highest BCUT2D eigenvalue weighted by atomic mass is 32.2. The number of benzene rings is 2. The molecule has 1 saturated heterocycles. The van der Waals surface area contributed by atoms with Crippen LogP contribution >= 0.6 is 11.3 Å². The van der Waals surface area contributed by atoms with E-state index < -0.39 is 22.0 Å². The van der Waals surface area contributed by atoms with E-state index in [0.29, 0.717) is 35.2 Å². The highest BCUT2D eigenvalue weighted by Crippen LogP contribution is 2.38.